The molecule has 1 N–H and O–H groups in total. The zero-order valence-electron chi connectivity index (χ0n) is 15.2. The summed E-state index contributed by atoms with van der Waals surface area (Å²) < 4.78 is 43.8. The Morgan fingerprint density at radius 1 is 1.14 bits per heavy atom. The van der Waals surface area contributed by atoms with E-state index >= 15 is 0 Å². The number of ether oxygens (including phenoxy) is 1. The van der Waals surface area contributed by atoms with Crippen LogP contribution in [0.3, 0.4) is 0 Å². The molecule has 0 radical (unpaired) electrons. The summed E-state index contributed by atoms with van der Waals surface area (Å²) >= 11 is 0. The largest absolute Gasteiger partial charge is 0.477 e. The molecule has 2 fully saturated rings. The first-order valence-corrected chi connectivity index (χ1v) is 9.31. The van der Waals surface area contributed by atoms with Gasteiger partial charge in [0.05, 0.1) is 30.7 Å². The maximum Gasteiger partial charge on any atom is 0.433 e. The van der Waals surface area contributed by atoms with E-state index in [-0.39, 0.29) is 12.5 Å². The Balaban J connectivity index is 1.36. The van der Waals surface area contributed by atoms with Crippen molar-refractivity contribution in [1.82, 2.24) is 15.0 Å². The minimum absolute atomic E-state index is 0.186. The molecule has 0 bridgehead atoms. The molecule has 2 aromatic rings. The van der Waals surface area contributed by atoms with Crippen LogP contribution in [0.25, 0.3) is 0 Å². The molecular formula is C19H21F3N4O2. The molecule has 1 atom stereocenters. The summed E-state index contributed by atoms with van der Waals surface area (Å²) in [5, 5.41) is 9.47. The average Bonchev–Trinajstić information content (AvgIpc) is 3.43. The highest BCUT2D eigenvalue weighted by atomic mass is 19.4. The third kappa shape index (κ3) is 4.19. The first kappa shape index (κ1) is 18.9. The van der Waals surface area contributed by atoms with Gasteiger partial charge in [0.15, 0.2) is 0 Å². The Kier molecular flexibility index (Phi) is 5.09. The number of aliphatic hydroxyl groups excluding tert-OH is 1. The van der Waals surface area contributed by atoms with Crippen LogP contribution in [-0.2, 0) is 12.8 Å². The van der Waals surface area contributed by atoms with E-state index in [9.17, 15) is 18.3 Å². The smallest absolute Gasteiger partial charge is 0.433 e. The van der Waals surface area contributed by atoms with E-state index < -0.39 is 11.9 Å². The third-order valence-corrected chi connectivity index (χ3v) is 5.10. The quantitative estimate of drug-likeness (QED) is 0.812. The highest BCUT2D eigenvalue weighted by molar-refractivity contribution is 5.45. The predicted molar refractivity (Wildman–Crippen MR) is 95.0 cm³/mol. The summed E-state index contributed by atoms with van der Waals surface area (Å²) in [5.41, 5.74) is 0.345. The fourth-order valence-corrected chi connectivity index (χ4v) is 3.32. The number of aliphatic hydroxyl groups is 1. The molecular weight excluding hydrogens is 373 g/mol. The zero-order valence-corrected chi connectivity index (χ0v) is 15.2. The Morgan fingerprint density at radius 3 is 2.61 bits per heavy atom. The van der Waals surface area contributed by atoms with Crippen LogP contribution in [0.1, 0.15) is 42.3 Å². The maximum atomic E-state index is 12.6. The van der Waals surface area contributed by atoms with Gasteiger partial charge in [-0.2, -0.15) is 18.2 Å². The van der Waals surface area contributed by atoms with E-state index in [1.165, 1.54) is 12.3 Å². The van der Waals surface area contributed by atoms with Gasteiger partial charge in [0, 0.05) is 31.1 Å². The van der Waals surface area contributed by atoms with Crippen LogP contribution in [0.5, 0.6) is 5.88 Å². The summed E-state index contributed by atoms with van der Waals surface area (Å²) in [6.07, 6.45) is 1.47. The second kappa shape index (κ2) is 7.54. The van der Waals surface area contributed by atoms with Gasteiger partial charge < -0.3 is 14.7 Å². The Morgan fingerprint density at radius 2 is 1.96 bits per heavy atom. The minimum Gasteiger partial charge on any atom is -0.477 e. The van der Waals surface area contributed by atoms with Gasteiger partial charge in [-0.15, -0.1) is 0 Å². The summed E-state index contributed by atoms with van der Waals surface area (Å²) in [6, 6.07) is 2.46. The lowest BCUT2D eigenvalue weighted by molar-refractivity contribution is -0.141. The van der Waals surface area contributed by atoms with E-state index in [0.717, 1.165) is 37.7 Å². The van der Waals surface area contributed by atoms with E-state index in [4.69, 9.17) is 4.74 Å². The van der Waals surface area contributed by atoms with Crippen molar-refractivity contribution >= 4 is 5.69 Å². The molecule has 2 aromatic heterocycles. The number of pyridine rings is 1. The molecule has 6 nitrogen and oxygen atoms in total. The molecule has 28 heavy (non-hydrogen) atoms. The lowest BCUT2D eigenvalue weighted by Crippen LogP contribution is -2.22. The van der Waals surface area contributed by atoms with Crippen LogP contribution in [0.4, 0.5) is 18.9 Å². The standard InChI is InChI=1S/C19H21F3N4O2/c20-19(21,22)16-4-3-15(8-23-16)26-6-5-12(9-26)11-28-18-14(10-27)7-24-17(25-18)13-1-2-13/h3-4,7-8,12-13,27H,1-2,5-6,9-11H2/t12-/m1/s1. The Bertz CT molecular complexity index is 825. The first-order chi connectivity index (χ1) is 13.4. The van der Waals surface area contributed by atoms with Crippen LogP contribution in [0.2, 0.25) is 0 Å². The van der Waals surface area contributed by atoms with Crippen LogP contribution >= 0.6 is 0 Å². The van der Waals surface area contributed by atoms with Gasteiger partial charge in [0.2, 0.25) is 5.88 Å². The van der Waals surface area contributed by atoms with Crippen molar-refractivity contribution in [3.63, 3.8) is 0 Å². The van der Waals surface area contributed by atoms with E-state index in [1.54, 1.807) is 6.20 Å². The summed E-state index contributed by atoms with van der Waals surface area (Å²) in [5.74, 6) is 1.79. The van der Waals surface area contributed by atoms with Gasteiger partial charge >= 0.3 is 6.18 Å². The monoisotopic (exact) mass is 394 g/mol. The van der Waals surface area contributed by atoms with Crippen LogP contribution < -0.4 is 9.64 Å². The third-order valence-electron chi connectivity index (χ3n) is 5.10. The van der Waals surface area contributed by atoms with E-state index in [0.29, 0.717) is 36.2 Å². The number of hydrogen-bond acceptors (Lipinski definition) is 6. The molecule has 1 aliphatic carbocycles. The second-order valence-corrected chi connectivity index (χ2v) is 7.30. The lowest BCUT2D eigenvalue weighted by atomic mass is 10.1. The van der Waals surface area contributed by atoms with Gasteiger partial charge in [-0.25, -0.2) is 9.97 Å². The molecule has 4 rings (SSSR count). The molecule has 0 amide bonds. The van der Waals surface area contributed by atoms with Crippen molar-refractivity contribution in [3.8, 4) is 5.88 Å². The molecule has 2 aliphatic rings. The van der Waals surface area contributed by atoms with Gasteiger partial charge in [-0.1, -0.05) is 0 Å². The molecule has 0 unspecified atom stereocenters. The number of aromatic nitrogens is 3. The fourth-order valence-electron chi connectivity index (χ4n) is 3.32. The summed E-state index contributed by atoms with van der Waals surface area (Å²) in [4.78, 5) is 14.3. The normalized spacial score (nSPS) is 19.9. The topological polar surface area (TPSA) is 71.4 Å². The molecule has 0 aromatic carbocycles. The lowest BCUT2D eigenvalue weighted by Gasteiger charge is -2.19. The SMILES string of the molecule is OCc1cnc(C2CC2)nc1OC[C@@H]1CCN(c2ccc(C(F)(F)F)nc2)C1. The maximum absolute atomic E-state index is 12.6. The molecule has 9 heteroatoms. The highest BCUT2D eigenvalue weighted by Crippen LogP contribution is 2.38. The summed E-state index contributed by atoms with van der Waals surface area (Å²) in [6.45, 7) is 1.64. The molecule has 0 spiro atoms. The van der Waals surface area contributed by atoms with Crippen LogP contribution in [-0.4, -0.2) is 39.8 Å². The van der Waals surface area contributed by atoms with Gasteiger partial charge in [0.1, 0.15) is 11.5 Å². The number of anilines is 1. The molecule has 3 heterocycles. The van der Waals surface area contributed by atoms with Crippen molar-refractivity contribution < 1.29 is 23.0 Å². The van der Waals surface area contributed by atoms with E-state index in [1.807, 2.05) is 4.90 Å². The predicted octanol–water partition coefficient (Wildman–Crippen LogP) is 3.17. The van der Waals surface area contributed by atoms with Gasteiger partial charge in [0.25, 0.3) is 0 Å². The van der Waals surface area contributed by atoms with Crippen LogP contribution in [0, 0.1) is 5.92 Å². The number of halogens is 3. The number of alkyl halides is 3. The average molecular weight is 394 g/mol. The zero-order chi connectivity index (χ0) is 19.7. The minimum atomic E-state index is -4.43. The van der Waals surface area contributed by atoms with Crippen molar-refractivity contribution in [2.75, 3.05) is 24.6 Å². The number of rotatable bonds is 6. The second-order valence-electron chi connectivity index (χ2n) is 7.30. The molecule has 1 saturated carbocycles. The van der Waals surface area contributed by atoms with Gasteiger partial charge in [-0.05, 0) is 31.4 Å². The Labute approximate surface area is 160 Å². The Hall–Kier alpha value is -2.42. The van der Waals surface area contributed by atoms with Gasteiger partial charge in [-0.3, -0.25) is 0 Å². The number of nitrogens with zero attached hydrogens (tertiary/aromatic N) is 4. The molecule has 1 saturated heterocycles. The number of hydrogen-bond donors (Lipinski definition) is 1. The van der Waals surface area contributed by atoms with Crippen molar-refractivity contribution in [1.29, 1.82) is 0 Å². The van der Waals surface area contributed by atoms with Crippen molar-refractivity contribution in [3.05, 3.63) is 41.6 Å². The summed E-state index contributed by atoms with van der Waals surface area (Å²) in [7, 11) is 0. The fraction of sp³-hybridized carbons (Fsp3) is 0.526. The van der Waals surface area contributed by atoms with Crippen molar-refractivity contribution in [2.24, 2.45) is 5.92 Å². The molecule has 1 aliphatic heterocycles. The first-order valence-electron chi connectivity index (χ1n) is 9.31. The van der Waals surface area contributed by atoms with E-state index in [2.05, 4.69) is 15.0 Å². The molecule has 150 valence electrons. The van der Waals surface area contributed by atoms with Crippen LogP contribution in [0.15, 0.2) is 24.5 Å². The highest BCUT2D eigenvalue weighted by Gasteiger charge is 2.33. The van der Waals surface area contributed by atoms with Crippen molar-refractivity contribution in [2.45, 2.75) is 38.0 Å².